The molecule has 0 atom stereocenters. The zero-order chi connectivity index (χ0) is 13.7. The fourth-order valence-corrected chi connectivity index (χ4v) is 3.53. The molecule has 8 heteroatoms. The van der Waals surface area contributed by atoms with Gasteiger partial charge < -0.3 is 5.11 Å². The predicted octanol–water partition coefficient (Wildman–Crippen LogP) is 1.85. The van der Waals surface area contributed by atoms with Crippen LogP contribution in [0.5, 0.6) is 0 Å². The van der Waals surface area contributed by atoms with Crippen molar-refractivity contribution in [3.05, 3.63) is 18.2 Å². The molecule has 6 nitrogen and oxygen atoms in total. The minimum atomic E-state index is -3.55. The molecule has 2 N–H and O–H groups in total. The summed E-state index contributed by atoms with van der Waals surface area (Å²) < 4.78 is 34.9. The van der Waals surface area contributed by atoms with Gasteiger partial charge in [-0.2, -0.15) is 8.73 Å². The Morgan fingerprint density at radius 1 is 1.21 bits per heavy atom. The molecule has 0 amide bonds. The highest BCUT2D eigenvalue weighted by atomic mass is 32.2. The number of hydrogen-bond donors (Lipinski definition) is 2. The van der Waals surface area contributed by atoms with Crippen LogP contribution in [0.1, 0.15) is 19.3 Å². The van der Waals surface area contributed by atoms with E-state index in [0.717, 1.165) is 17.8 Å². The third kappa shape index (κ3) is 3.47. The standard InChI is InChI=1S/C11H15N3O3S2/c15-8-3-1-2-7-12-19(16,17)10-6-4-5-9-11(10)14-18-13-9/h4-6,12,15H,1-3,7-8H2. The van der Waals surface area contributed by atoms with Crippen LogP contribution in [0.3, 0.4) is 0 Å². The molecule has 0 saturated carbocycles. The third-order valence-electron chi connectivity index (χ3n) is 2.67. The first-order valence-electron chi connectivity index (χ1n) is 5.97. The molecule has 1 aliphatic rings. The molecule has 0 spiro atoms. The predicted molar refractivity (Wildman–Crippen MR) is 74.1 cm³/mol. The molecule has 1 aliphatic heterocycles. The summed E-state index contributed by atoms with van der Waals surface area (Å²) in [6.45, 7) is 0.493. The Morgan fingerprint density at radius 2 is 2.05 bits per heavy atom. The summed E-state index contributed by atoms with van der Waals surface area (Å²) in [7, 11) is -3.55. The number of fused-ring (bicyclic) bond motifs is 1. The molecule has 0 bridgehead atoms. The van der Waals surface area contributed by atoms with E-state index in [4.69, 9.17) is 5.11 Å². The molecule has 0 unspecified atom stereocenters. The summed E-state index contributed by atoms with van der Waals surface area (Å²) in [6.07, 6.45) is 2.18. The summed E-state index contributed by atoms with van der Waals surface area (Å²) in [5.41, 5.74) is 1.00. The second-order valence-corrected chi connectivity index (χ2v) is 6.33. The largest absolute Gasteiger partial charge is 0.396 e. The summed E-state index contributed by atoms with van der Waals surface area (Å²) in [5.74, 6) is 0. The van der Waals surface area contributed by atoms with Crippen molar-refractivity contribution < 1.29 is 13.5 Å². The van der Waals surface area contributed by atoms with Gasteiger partial charge in [-0.1, -0.05) is 6.07 Å². The molecule has 104 valence electrons. The van der Waals surface area contributed by atoms with Gasteiger partial charge in [-0.15, -0.1) is 0 Å². The third-order valence-corrected chi connectivity index (χ3v) is 4.70. The van der Waals surface area contributed by atoms with Crippen LogP contribution in [-0.2, 0) is 21.4 Å². The van der Waals surface area contributed by atoms with Crippen LogP contribution in [0.2, 0.25) is 0 Å². The molecule has 1 aromatic rings. The van der Waals surface area contributed by atoms with Crippen molar-refractivity contribution in [2.45, 2.75) is 24.2 Å². The highest BCUT2D eigenvalue weighted by Gasteiger charge is 2.21. The second kappa shape index (κ2) is 6.38. The lowest BCUT2D eigenvalue weighted by Crippen LogP contribution is -2.24. The van der Waals surface area contributed by atoms with E-state index in [-0.39, 0.29) is 11.5 Å². The molecular formula is C11H15N3O3S2. The van der Waals surface area contributed by atoms with Gasteiger partial charge in [0.25, 0.3) is 0 Å². The molecule has 0 aliphatic carbocycles. The van der Waals surface area contributed by atoms with Gasteiger partial charge in [-0.25, -0.2) is 13.1 Å². The summed E-state index contributed by atoms with van der Waals surface area (Å²) in [5, 5.41) is 8.65. The van der Waals surface area contributed by atoms with Crippen molar-refractivity contribution in [3.8, 4) is 0 Å². The van der Waals surface area contributed by atoms with Gasteiger partial charge in [0.15, 0.2) is 0 Å². The van der Waals surface area contributed by atoms with Gasteiger partial charge >= 0.3 is 0 Å². The lowest BCUT2D eigenvalue weighted by molar-refractivity contribution is 0.283. The highest BCUT2D eigenvalue weighted by molar-refractivity contribution is 7.89. The van der Waals surface area contributed by atoms with Crippen molar-refractivity contribution >= 4 is 32.8 Å². The molecule has 0 aromatic heterocycles. The number of nitrogens with zero attached hydrogens (tertiary/aromatic N) is 2. The number of aliphatic hydroxyl groups excluding tert-OH is 1. The van der Waals surface area contributed by atoms with Crippen LogP contribution in [0, 0.1) is 0 Å². The monoisotopic (exact) mass is 301 g/mol. The maximum absolute atomic E-state index is 12.2. The van der Waals surface area contributed by atoms with E-state index in [1.807, 2.05) is 0 Å². The maximum atomic E-state index is 12.2. The van der Waals surface area contributed by atoms with Crippen molar-refractivity contribution in [1.29, 1.82) is 0 Å². The van der Waals surface area contributed by atoms with Gasteiger partial charge in [0.1, 0.15) is 16.3 Å². The van der Waals surface area contributed by atoms with E-state index in [0.29, 0.717) is 30.8 Å². The Hall–Kier alpha value is -1.09. The van der Waals surface area contributed by atoms with Crippen LogP contribution in [0.15, 0.2) is 31.8 Å². The number of benzene rings is 1. The second-order valence-electron chi connectivity index (χ2n) is 4.07. The highest BCUT2D eigenvalue weighted by Crippen LogP contribution is 2.37. The molecule has 19 heavy (non-hydrogen) atoms. The SMILES string of the molecule is O=S(=O)(NCCCCCO)c1cccc2c1N=S=N2. The van der Waals surface area contributed by atoms with Crippen molar-refractivity contribution in [1.82, 2.24) is 4.72 Å². The molecule has 0 radical (unpaired) electrons. The number of nitrogens with one attached hydrogen (secondary N) is 1. The lowest BCUT2D eigenvalue weighted by atomic mass is 10.2. The van der Waals surface area contributed by atoms with Gasteiger partial charge in [0, 0.05) is 13.2 Å². The molecule has 1 heterocycles. The minimum absolute atomic E-state index is 0.135. The molecule has 1 aromatic carbocycles. The van der Waals surface area contributed by atoms with E-state index in [1.54, 1.807) is 12.1 Å². The Balaban J connectivity index is 2.05. The van der Waals surface area contributed by atoms with Crippen molar-refractivity contribution in [3.63, 3.8) is 0 Å². The fourth-order valence-electron chi connectivity index (χ4n) is 1.70. The zero-order valence-electron chi connectivity index (χ0n) is 10.2. The normalized spacial score (nSPS) is 13.3. The van der Waals surface area contributed by atoms with E-state index in [9.17, 15) is 8.42 Å². The molecule has 0 saturated heterocycles. The summed E-state index contributed by atoms with van der Waals surface area (Å²) in [4.78, 5) is 0.168. The fraction of sp³-hybridized carbons (Fsp3) is 0.455. The zero-order valence-corrected chi connectivity index (χ0v) is 11.9. The van der Waals surface area contributed by atoms with Crippen molar-refractivity contribution in [2.24, 2.45) is 8.73 Å². The smallest absolute Gasteiger partial charge is 0.242 e. The van der Waals surface area contributed by atoms with Gasteiger partial charge in [-0.05, 0) is 31.4 Å². The topological polar surface area (TPSA) is 91.1 Å². The quantitative estimate of drug-likeness (QED) is 0.765. The molecule has 2 rings (SSSR count). The average Bonchev–Trinajstić information content (AvgIpc) is 2.86. The average molecular weight is 301 g/mol. The van der Waals surface area contributed by atoms with Crippen LogP contribution in [0.4, 0.5) is 11.4 Å². The van der Waals surface area contributed by atoms with E-state index in [2.05, 4.69) is 13.4 Å². The van der Waals surface area contributed by atoms with E-state index >= 15 is 0 Å². The Morgan fingerprint density at radius 3 is 2.84 bits per heavy atom. The number of rotatable bonds is 7. The van der Waals surface area contributed by atoms with Crippen LogP contribution < -0.4 is 4.72 Å². The number of hydrogen-bond acceptors (Lipinski definition) is 5. The van der Waals surface area contributed by atoms with Gasteiger partial charge in [0.05, 0.1) is 11.4 Å². The maximum Gasteiger partial charge on any atom is 0.242 e. The first kappa shape index (κ1) is 14.3. The van der Waals surface area contributed by atoms with E-state index in [1.165, 1.54) is 6.07 Å². The van der Waals surface area contributed by atoms with Crippen LogP contribution in [-0.4, -0.2) is 26.7 Å². The van der Waals surface area contributed by atoms with Crippen LogP contribution in [0.25, 0.3) is 0 Å². The Bertz CT molecular complexity index is 622. The Labute approximate surface area is 115 Å². The van der Waals surface area contributed by atoms with Gasteiger partial charge in [0.2, 0.25) is 10.0 Å². The minimum Gasteiger partial charge on any atom is -0.396 e. The van der Waals surface area contributed by atoms with Crippen LogP contribution >= 0.6 is 0 Å². The molecular weight excluding hydrogens is 286 g/mol. The van der Waals surface area contributed by atoms with Gasteiger partial charge in [-0.3, -0.25) is 0 Å². The number of sulfonamides is 1. The first-order valence-corrected chi connectivity index (χ1v) is 8.18. The number of unbranched alkanes of at least 4 members (excludes halogenated alkanes) is 2. The van der Waals surface area contributed by atoms with E-state index < -0.39 is 10.0 Å². The number of aliphatic hydroxyl groups is 1. The Kier molecular flexibility index (Phi) is 4.81. The molecule has 0 fully saturated rings. The van der Waals surface area contributed by atoms with Crippen molar-refractivity contribution in [2.75, 3.05) is 13.2 Å². The first-order chi connectivity index (χ1) is 9.15. The summed E-state index contributed by atoms with van der Waals surface area (Å²) >= 11 is 0.998. The lowest BCUT2D eigenvalue weighted by Gasteiger charge is -2.08. The summed E-state index contributed by atoms with van der Waals surface area (Å²) in [6, 6.07) is 4.92.